The lowest BCUT2D eigenvalue weighted by molar-refractivity contribution is -0.121. The average Bonchev–Trinajstić information content (AvgIpc) is 3.15. The van der Waals surface area contributed by atoms with Crippen LogP contribution in [0.15, 0.2) is 30.5 Å². The van der Waals surface area contributed by atoms with E-state index in [1.165, 1.54) is 48.6 Å². The molecule has 0 spiro atoms. The van der Waals surface area contributed by atoms with E-state index in [4.69, 9.17) is 0 Å². The van der Waals surface area contributed by atoms with Crippen LogP contribution in [0.1, 0.15) is 76.2 Å². The van der Waals surface area contributed by atoms with Crippen molar-refractivity contribution >= 4 is 16.8 Å². The number of benzene rings is 1. The Kier molecular flexibility index (Phi) is 7.48. The van der Waals surface area contributed by atoms with Crippen LogP contribution in [0, 0.1) is 11.8 Å². The summed E-state index contributed by atoms with van der Waals surface area (Å²) in [6.45, 7) is 6.16. The van der Waals surface area contributed by atoms with Crippen LogP contribution in [0.3, 0.4) is 0 Å². The molecule has 1 aromatic carbocycles. The second kappa shape index (κ2) is 10.5. The molecule has 2 N–H and O–H groups in total. The highest BCUT2D eigenvalue weighted by Crippen LogP contribution is 2.39. The van der Waals surface area contributed by atoms with Crippen LogP contribution in [0.25, 0.3) is 10.9 Å². The Bertz CT molecular complexity index is 815. The number of nitrogens with zero attached hydrogens (tertiary/aromatic N) is 1. The number of carbonyl (C=O) groups is 1. The topological polar surface area (TPSA) is 46.1 Å². The molecule has 0 bridgehead atoms. The molecule has 1 amide bonds. The van der Waals surface area contributed by atoms with Crippen molar-refractivity contribution in [2.24, 2.45) is 11.8 Å². The quantitative estimate of drug-likeness (QED) is 0.628. The molecule has 4 rings (SSSR count). The predicted octanol–water partition coefficient (Wildman–Crippen LogP) is 5.22. The summed E-state index contributed by atoms with van der Waals surface area (Å²) in [5, 5.41) is 7.99. The van der Waals surface area contributed by atoms with Crippen LogP contribution in [0.2, 0.25) is 0 Å². The number of amides is 1. The Morgan fingerprint density at radius 2 is 1.90 bits per heavy atom. The van der Waals surface area contributed by atoms with Crippen molar-refractivity contribution in [3.05, 3.63) is 36.0 Å². The third-order valence-corrected chi connectivity index (χ3v) is 7.33. The van der Waals surface area contributed by atoms with E-state index < -0.39 is 0 Å². The maximum absolute atomic E-state index is 12.8. The average molecular weight is 410 g/mol. The van der Waals surface area contributed by atoms with E-state index >= 15 is 0 Å². The van der Waals surface area contributed by atoms with Crippen molar-refractivity contribution in [3.8, 4) is 0 Å². The van der Waals surface area contributed by atoms with Crippen molar-refractivity contribution in [2.45, 2.75) is 77.2 Å². The third kappa shape index (κ3) is 5.08. The normalized spacial score (nSPS) is 19.8. The van der Waals surface area contributed by atoms with Gasteiger partial charge in [-0.2, -0.15) is 0 Å². The van der Waals surface area contributed by atoms with Crippen LogP contribution < -0.4 is 10.6 Å². The summed E-state index contributed by atoms with van der Waals surface area (Å²) in [5.41, 5.74) is 2.76. The summed E-state index contributed by atoms with van der Waals surface area (Å²) in [6, 6.07) is 8.88. The second-order valence-corrected chi connectivity index (χ2v) is 9.51. The fourth-order valence-corrected chi connectivity index (χ4v) is 5.68. The van der Waals surface area contributed by atoms with Gasteiger partial charge >= 0.3 is 0 Å². The third-order valence-electron chi connectivity index (χ3n) is 7.33. The predicted molar refractivity (Wildman–Crippen MR) is 125 cm³/mol. The molecule has 2 aromatic rings. The summed E-state index contributed by atoms with van der Waals surface area (Å²) in [7, 11) is 0. The van der Waals surface area contributed by atoms with Gasteiger partial charge in [-0.1, -0.05) is 44.4 Å². The molecule has 1 aliphatic carbocycles. The van der Waals surface area contributed by atoms with Gasteiger partial charge in [0.15, 0.2) is 0 Å². The first-order valence-electron chi connectivity index (χ1n) is 12.3. The lowest BCUT2D eigenvalue weighted by Crippen LogP contribution is -2.33. The molecular formula is C26H39N3O. The van der Waals surface area contributed by atoms with Crippen LogP contribution in [0.5, 0.6) is 0 Å². The SMILES string of the molecule is CCCNC(=O)CC(c1cn(CC2CCCCC2)c2ccccc12)C1CCNCC1. The highest BCUT2D eigenvalue weighted by Gasteiger charge is 2.30. The number of fused-ring (bicyclic) bond motifs is 1. The van der Waals surface area contributed by atoms with Crippen LogP contribution in [-0.4, -0.2) is 30.1 Å². The molecule has 2 heterocycles. The first kappa shape index (κ1) is 21.4. The number of hydrogen-bond donors (Lipinski definition) is 2. The van der Waals surface area contributed by atoms with Crippen LogP contribution in [0.4, 0.5) is 0 Å². The number of para-hydroxylation sites is 1. The monoisotopic (exact) mass is 409 g/mol. The van der Waals surface area contributed by atoms with Crippen molar-refractivity contribution in [1.29, 1.82) is 0 Å². The van der Waals surface area contributed by atoms with Crippen molar-refractivity contribution in [1.82, 2.24) is 15.2 Å². The molecule has 2 fully saturated rings. The number of carbonyl (C=O) groups excluding carboxylic acids is 1. The Morgan fingerprint density at radius 3 is 2.67 bits per heavy atom. The number of nitrogens with one attached hydrogen (secondary N) is 2. The number of hydrogen-bond acceptors (Lipinski definition) is 2. The molecule has 0 radical (unpaired) electrons. The minimum atomic E-state index is 0.212. The van der Waals surface area contributed by atoms with Crippen molar-refractivity contribution in [2.75, 3.05) is 19.6 Å². The van der Waals surface area contributed by atoms with Gasteiger partial charge in [0.1, 0.15) is 0 Å². The molecule has 1 atom stereocenters. The van der Waals surface area contributed by atoms with E-state index in [0.717, 1.165) is 51.4 Å². The molecule has 1 aliphatic heterocycles. The summed E-state index contributed by atoms with van der Waals surface area (Å²) >= 11 is 0. The summed E-state index contributed by atoms with van der Waals surface area (Å²) in [5.74, 6) is 1.89. The maximum Gasteiger partial charge on any atom is 0.220 e. The van der Waals surface area contributed by atoms with Gasteiger partial charge in [-0.25, -0.2) is 0 Å². The van der Waals surface area contributed by atoms with Crippen LogP contribution in [-0.2, 0) is 11.3 Å². The van der Waals surface area contributed by atoms with E-state index in [9.17, 15) is 4.79 Å². The molecule has 2 aliphatic rings. The van der Waals surface area contributed by atoms with Gasteiger partial charge in [-0.05, 0) is 74.6 Å². The van der Waals surface area contributed by atoms with E-state index in [1.807, 2.05) is 0 Å². The van der Waals surface area contributed by atoms with Gasteiger partial charge in [0.2, 0.25) is 5.91 Å². The lowest BCUT2D eigenvalue weighted by atomic mass is 9.78. The zero-order chi connectivity index (χ0) is 20.8. The largest absolute Gasteiger partial charge is 0.356 e. The van der Waals surface area contributed by atoms with E-state index in [0.29, 0.717) is 18.3 Å². The first-order valence-corrected chi connectivity index (χ1v) is 12.3. The molecule has 30 heavy (non-hydrogen) atoms. The standard InChI is InChI=1S/C26H39N3O/c1-2-14-28-26(30)17-23(21-12-15-27-16-13-21)24-19-29(18-20-8-4-3-5-9-20)25-11-7-6-10-22(24)25/h6-7,10-11,19-21,23,27H,2-5,8-9,12-18H2,1H3,(H,28,30). The fraction of sp³-hybridized carbons (Fsp3) is 0.654. The van der Waals surface area contributed by atoms with E-state index in [1.54, 1.807) is 0 Å². The molecular weight excluding hydrogens is 370 g/mol. The van der Waals surface area contributed by atoms with E-state index in [2.05, 4.69) is 52.6 Å². The summed E-state index contributed by atoms with van der Waals surface area (Å²) in [4.78, 5) is 12.8. The Balaban J connectivity index is 1.64. The lowest BCUT2D eigenvalue weighted by Gasteiger charge is -2.30. The summed E-state index contributed by atoms with van der Waals surface area (Å²) < 4.78 is 2.51. The molecule has 4 heteroatoms. The zero-order valence-electron chi connectivity index (χ0n) is 18.7. The Hall–Kier alpha value is -1.81. The minimum Gasteiger partial charge on any atom is -0.356 e. The zero-order valence-corrected chi connectivity index (χ0v) is 18.7. The first-order chi connectivity index (χ1) is 14.8. The van der Waals surface area contributed by atoms with Gasteiger partial charge in [-0.3, -0.25) is 4.79 Å². The molecule has 1 unspecified atom stereocenters. The molecule has 1 saturated carbocycles. The van der Waals surface area contributed by atoms with Gasteiger partial charge < -0.3 is 15.2 Å². The highest BCUT2D eigenvalue weighted by atomic mass is 16.1. The van der Waals surface area contributed by atoms with Crippen LogP contribution >= 0.6 is 0 Å². The van der Waals surface area contributed by atoms with Crippen molar-refractivity contribution in [3.63, 3.8) is 0 Å². The molecule has 1 aromatic heterocycles. The fourth-order valence-electron chi connectivity index (χ4n) is 5.68. The highest BCUT2D eigenvalue weighted by molar-refractivity contribution is 5.86. The molecule has 164 valence electrons. The number of rotatable bonds is 8. The molecule has 1 saturated heterocycles. The van der Waals surface area contributed by atoms with Gasteiger partial charge in [-0.15, -0.1) is 0 Å². The second-order valence-electron chi connectivity index (χ2n) is 9.51. The Labute approximate surface area is 181 Å². The summed E-state index contributed by atoms with van der Waals surface area (Å²) in [6.07, 6.45) is 13.2. The Morgan fingerprint density at radius 1 is 1.13 bits per heavy atom. The van der Waals surface area contributed by atoms with Gasteiger partial charge in [0.25, 0.3) is 0 Å². The number of aromatic nitrogens is 1. The van der Waals surface area contributed by atoms with Gasteiger partial charge in [0, 0.05) is 36.6 Å². The smallest absolute Gasteiger partial charge is 0.220 e. The van der Waals surface area contributed by atoms with Gasteiger partial charge in [0.05, 0.1) is 0 Å². The minimum absolute atomic E-state index is 0.212. The number of piperidine rings is 1. The van der Waals surface area contributed by atoms with E-state index in [-0.39, 0.29) is 5.91 Å². The molecule has 4 nitrogen and oxygen atoms in total. The maximum atomic E-state index is 12.8. The van der Waals surface area contributed by atoms with Crippen molar-refractivity contribution < 1.29 is 4.79 Å².